The van der Waals surface area contributed by atoms with Gasteiger partial charge in [0.15, 0.2) is 0 Å². The lowest BCUT2D eigenvalue weighted by Crippen LogP contribution is -2.30. The molecule has 0 N–H and O–H groups in total. The average Bonchev–Trinajstić information content (AvgIpc) is 2.09. The van der Waals surface area contributed by atoms with Gasteiger partial charge in [0.2, 0.25) is 5.91 Å². The van der Waals surface area contributed by atoms with Crippen LogP contribution in [0.3, 0.4) is 0 Å². The van der Waals surface area contributed by atoms with Crippen LogP contribution in [0.25, 0.3) is 0 Å². The molecule has 0 aliphatic rings. The molecule has 0 bridgehead atoms. The Hall–Kier alpha value is -0.570. The lowest BCUT2D eigenvalue weighted by atomic mass is 10.4. The number of hydrogen-bond acceptors (Lipinski definition) is 2. The van der Waals surface area contributed by atoms with Crippen LogP contribution >= 0.6 is 0 Å². The number of carbonyl (C=O) groups is 1. The predicted octanol–water partition coefficient (Wildman–Crippen LogP) is 1.53. The third-order valence-electron chi connectivity index (χ3n) is 1.25. The SMILES string of the molecule is CC.CCCN(C)C(=O)COC. The third kappa shape index (κ3) is 7.54. The fourth-order valence-corrected chi connectivity index (χ4v) is 0.694. The van der Waals surface area contributed by atoms with Crippen molar-refractivity contribution in [2.24, 2.45) is 0 Å². The zero-order valence-corrected chi connectivity index (χ0v) is 8.89. The van der Waals surface area contributed by atoms with Crippen molar-refractivity contribution in [2.45, 2.75) is 27.2 Å². The van der Waals surface area contributed by atoms with E-state index in [1.54, 1.807) is 11.9 Å². The van der Waals surface area contributed by atoms with Crippen LogP contribution < -0.4 is 0 Å². The van der Waals surface area contributed by atoms with Crippen molar-refractivity contribution < 1.29 is 9.53 Å². The summed E-state index contributed by atoms with van der Waals surface area (Å²) in [4.78, 5) is 12.6. The van der Waals surface area contributed by atoms with Gasteiger partial charge in [-0.3, -0.25) is 4.79 Å². The van der Waals surface area contributed by atoms with Crippen LogP contribution in [0.2, 0.25) is 0 Å². The largest absolute Gasteiger partial charge is 0.375 e. The molecule has 0 aromatic heterocycles. The highest BCUT2D eigenvalue weighted by Gasteiger charge is 2.04. The molecule has 3 nitrogen and oxygen atoms in total. The molecule has 0 atom stereocenters. The molecular weight excluding hydrogens is 154 g/mol. The number of hydrogen-bond donors (Lipinski definition) is 0. The number of carbonyl (C=O) groups excluding carboxylic acids is 1. The van der Waals surface area contributed by atoms with Crippen molar-refractivity contribution in [3.8, 4) is 0 Å². The molecule has 0 saturated carbocycles. The van der Waals surface area contributed by atoms with E-state index in [1.807, 2.05) is 20.8 Å². The summed E-state index contributed by atoms with van der Waals surface area (Å²) in [7, 11) is 3.31. The van der Waals surface area contributed by atoms with Gasteiger partial charge in [0, 0.05) is 20.7 Å². The first kappa shape index (κ1) is 14.0. The number of rotatable bonds is 4. The molecule has 3 heteroatoms. The van der Waals surface area contributed by atoms with Crippen molar-refractivity contribution in [3.63, 3.8) is 0 Å². The van der Waals surface area contributed by atoms with E-state index in [2.05, 4.69) is 4.74 Å². The average molecular weight is 175 g/mol. The van der Waals surface area contributed by atoms with Crippen molar-refractivity contribution in [2.75, 3.05) is 27.3 Å². The van der Waals surface area contributed by atoms with Crippen LogP contribution in [-0.4, -0.2) is 38.1 Å². The molecular formula is C9H21NO2. The molecule has 0 aromatic rings. The van der Waals surface area contributed by atoms with E-state index in [1.165, 1.54) is 7.11 Å². The van der Waals surface area contributed by atoms with Gasteiger partial charge in [-0.05, 0) is 6.42 Å². The summed E-state index contributed by atoms with van der Waals surface area (Å²) in [5, 5.41) is 0. The lowest BCUT2D eigenvalue weighted by molar-refractivity contribution is -0.133. The Morgan fingerprint density at radius 3 is 2.25 bits per heavy atom. The van der Waals surface area contributed by atoms with Crippen LogP contribution in [0.4, 0.5) is 0 Å². The molecule has 12 heavy (non-hydrogen) atoms. The molecule has 1 amide bonds. The maximum atomic E-state index is 10.9. The van der Waals surface area contributed by atoms with Gasteiger partial charge in [-0.2, -0.15) is 0 Å². The predicted molar refractivity (Wildman–Crippen MR) is 51.2 cm³/mol. The van der Waals surface area contributed by atoms with Gasteiger partial charge in [-0.15, -0.1) is 0 Å². The molecule has 0 rings (SSSR count). The summed E-state index contributed by atoms with van der Waals surface area (Å²) >= 11 is 0. The Kier molecular flexibility index (Phi) is 12.2. The van der Waals surface area contributed by atoms with E-state index in [4.69, 9.17) is 0 Å². The molecule has 0 fully saturated rings. The molecule has 0 heterocycles. The Bertz CT molecular complexity index is 105. The van der Waals surface area contributed by atoms with E-state index >= 15 is 0 Å². The van der Waals surface area contributed by atoms with Crippen LogP contribution in [0.5, 0.6) is 0 Å². The maximum Gasteiger partial charge on any atom is 0.248 e. The van der Waals surface area contributed by atoms with Gasteiger partial charge in [0.05, 0.1) is 0 Å². The highest BCUT2D eigenvalue weighted by atomic mass is 16.5. The quantitative estimate of drug-likeness (QED) is 0.648. The first-order valence-corrected chi connectivity index (χ1v) is 4.45. The van der Waals surface area contributed by atoms with E-state index in [0.29, 0.717) is 0 Å². The highest BCUT2D eigenvalue weighted by Crippen LogP contribution is 1.87. The molecule has 0 unspecified atom stereocenters. The topological polar surface area (TPSA) is 29.5 Å². The minimum atomic E-state index is 0.0457. The molecule has 0 spiro atoms. The maximum absolute atomic E-state index is 10.9. The fraction of sp³-hybridized carbons (Fsp3) is 0.889. The summed E-state index contributed by atoms with van der Waals surface area (Å²) in [6.45, 7) is 7.04. The summed E-state index contributed by atoms with van der Waals surface area (Å²) in [6.07, 6.45) is 0.992. The Balaban J connectivity index is 0. The number of likely N-dealkylation sites (N-methyl/N-ethyl adjacent to an activating group) is 1. The number of ether oxygens (including phenoxy) is 1. The first-order valence-electron chi connectivity index (χ1n) is 4.45. The number of nitrogens with zero attached hydrogens (tertiary/aromatic N) is 1. The van der Waals surface area contributed by atoms with Crippen molar-refractivity contribution in [1.29, 1.82) is 0 Å². The molecule has 0 saturated heterocycles. The third-order valence-corrected chi connectivity index (χ3v) is 1.25. The second-order valence-corrected chi connectivity index (χ2v) is 2.25. The minimum Gasteiger partial charge on any atom is -0.375 e. The second-order valence-electron chi connectivity index (χ2n) is 2.25. The minimum absolute atomic E-state index is 0.0457. The molecule has 74 valence electrons. The van der Waals surface area contributed by atoms with Gasteiger partial charge in [0.1, 0.15) is 6.61 Å². The fourth-order valence-electron chi connectivity index (χ4n) is 0.694. The van der Waals surface area contributed by atoms with E-state index in [-0.39, 0.29) is 12.5 Å². The summed E-state index contributed by atoms with van der Waals surface area (Å²) < 4.78 is 4.68. The van der Waals surface area contributed by atoms with E-state index < -0.39 is 0 Å². The standard InChI is InChI=1S/C7H15NO2.C2H6/c1-4-5-8(2)7(9)6-10-3;1-2/h4-6H2,1-3H3;1-2H3. The van der Waals surface area contributed by atoms with Crippen LogP contribution in [0.15, 0.2) is 0 Å². The lowest BCUT2D eigenvalue weighted by Gasteiger charge is -2.14. The number of methoxy groups -OCH3 is 1. The van der Waals surface area contributed by atoms with Crippen molar-refractivity contribution >= 4 is 5.91 Å². The van der Waals surface area contributed by atoms with Gasteiger partial charge >= 0.3 is 0 Å². The molecule has 0 aliphatic heterocycles. The van der Waals surface area contributed by atoms with Crippen molar-refractivity contribution in [1.82, 2.24) is 4.90 Å². The van der Waals surface area contributed by atoms with Crippen molar-refractivity contribution in [3.05, 3.63) is 0 Å². The zero-order valence-electron chi connectivity index (χ0n) is 8.89. The van der Waals surface area contributed by atoms with E-state index in [0.717, 1.165) is 13.0 Å². The Morgan fingerprint density at radius 2 is 1.92 bits per heavy atom. The van der Waals surface area contributed by atoms with Crippen LogP contribution in [-0.2, 0) is 9.53 Å². The van der Waals surface area contributed by atoms with Crippen LogP contribution in [0.1, 0.15) is 27.2 Å². The second kappa shape index (κ2) is 10.4. The Morgan fingerprint density at radius 1 is 1.42 bits per heavy atom. The van der Waals surface area contributed by atoms with Gasteiger partial charge in [-0.1, -0.05) is 20.8 Å². The first-order chi connectivity index (χ1) is 5.72. The summed E-state index contributed by atoms with van der Waals surface area (Å²) in [6, 6.07) is 0. The smallest absolute Gasteiger partial charge is 0.248 e. The van der Waals surface area contributed by atoms with Gasteiger partial charge < -0.3 is 9.64 Å². The normalized spacial score (nSPS) is 8.42. The monoisotopic (exact) mass is 175 g/mol. The molecule has 0 aliphatic carbocycles. The van der Waals surface area contributed by atoms with E-state index in [9.17, 15) is 4.79 Å². The Labute approximate surface area is 75.7 Å². The van der Waals surface area contributed by atoms with Gasteiger partial charge in [0.25, 0.3) is 0 Å². The number of amides is 1. The highest BCUT2D eigenvalue weighted by molar-refractivity contribution is 5.77. The van der Waals surface area contributed by atoms with Gasteiger partial charge in [-0.25, -0.2) is 0 Å². The van der Waals surface area contributed by atoms with Crippen LogP contribution in [0, 0.1) is 0 Å². The zero-order chi connectivity index (χ0) is 9.98. The molecule has 0 aromatic carbocycles. The summed E-state index contributed by atoms with van der Waals surface area (Å²) in [5.41, 5.74) is 0. The summed E-state index contributed by atoms with van der Waals surface area (Å²) in [5.74, 6) is 0.0457. The molecule has 0 radical (unpaired) electrons.